The van der Waals surface area contributed by atoms with Crippen molar-refractivity contribution in [3.8, 4) is 11.8 Å². The third-order valence-corrected chi connectivity index (χ3v) is 4.64. The average Bonchev–Trinajstić information content (AvgIpc) is 3.12. The number of carbonyl (C=O) groups is 1. The van der Waals surface area contributed by atoms with Gasteiger partial charge >= 0.3 is 0 Å². The molecule has 2 rings (SSSR count). The van der Waals surface area contributed by atoms with Gasteiger partial charge in [0.05, 0.1) is 0 Å². The van der Waals surface area contributed by atoms with Crippen molar-refractivity contribution in [3.63, 3.8) is 0 Å². The van der Waals surface area contributed by atoms with Gasteiger partial charge in [0.1, 0.15) is 11.5 Å². The van der Waals surface area contributed by atoms with Gasteiger partial charge in [0.25, 0.3) is 5.91 Å². The molecule has 0 aliphatic heterocycles. The maximum absolute atomic E-state index is 12.1. The van der Waals surface area contributed by atoms with Crippen LogP contribution in [0, 0.1) is 17.8 Å². The summed E-state index contributed by atoms with van der Waals surface area (Å²) in [6.45, 7) is 0.554. The maximum Gasteiger partial charge on any atom is 0.262 e. The summed E-state index contributed by atoms with van der Waals surface area (Å²) in [5.74, 6) is 6.22. The molecule has 0 spiro atoms. The third kappa shape index (κ3) is 4.36. The molecule has 1 saturated carbocycles. The van der Waals surface area contributed by atoms with Crippen LogP contribution in [-0.4, -0.2) is 24.2 Å². The topological polar surface area (TPSA) is 49.3 Å². The zero-order valence-electron chi connectivity index (χ0n) is 11.7. The van der Waals surface area contributed by atoms with E-state index < -0.39 is 0 Å². The Morgan fingerprint density at radius 3 is 3.00 bits per heavy atom. The second kappa shape index (κ2) is 8.08. The molecule has 1 fully saturated rings. The Balaban J connectivity index is 1.75. The number of aliphatic hydroxyl groups excluding tert-OH is 1. The number of thiophene rings is 1. The first-order valence-corrected chi connectivity index (χ1v) is 8.14. The van der Waals surface area contributed by atoms with E-state index in [4.69, 9.17) is 5.11 Å². The lowest BCUT2D eigenvalue weighted by atomic mass is 10.0. The molecule has 2 N–H and O–H groups in total. The smallest absolute Gasteiger partial charge is 0.262 e. The van der Waals surface area contributed by atoms with Crippen molar-refractivity contribution in [2.24, 2.45) is 5.92 Å². The second-order valence-electron chi connectivity index (χ2n) is 5.17. The molecule has 1 aromatic heterocycles. The Morgan fingerprint density at radius 2 is 2.25 bits per heavy atom. The maximum atomic E-state index is 12.1. The number of hydrogen-bond donors (Lipinski definition) is 2. The monoisotopic (exact) mass is 291 g/mol. The third-order valence-electron chi connectivity index (χ3n) is 3.72. The summed E-state index contributed by atoms with van der Waals surface area (Å²) >= 11 is 1.40. The summed E-state index contributed by atoms with van der Waals surface area (Å²) in [5.41, 5.74) is 0.706. The second-order valence-corrected chi connectivity index (χ2v) is 6.09. The van der Waals surface area contributed by atoms with Gasteiger partial charge in [-0.15, -0.1) is 11.3 Å². The van der Waals surface area contributed by atoms with Gasteiger partial charge in [-0.05, 0) is 30.2 Å². The number of hydrogen-bond acceptors (Lipinski definition) is 3. The summed E-state index contributed by atoms with van der Waals surface area (Å²) in [5, 5.41) is 13.5. The van der Waals surface area contributed by atoms with Crippen LogP contribution in [0.1, 0.15) is 53.8 Å². The fraction of sp³-hybridized carbons (Fsp3) is 0.562. The van der Waals surface area contributed by atoms with Crippen LogP contribution in [0.25, 0.3) is 0 Å². The summed E-state index contributed by atoms with van der Waals surface area (Å²) < 4.78 is 0. The van der Waals surface area contributed by atoms with Gasteiger partial charge < -0.3 is 10.4 Å². The highest BCUT2D eigenvalue weighted by Crippen LogP contribution is 2.28. The van der Waals surface area contributed by atoms with E-state index in [0.29, 0.717) is 10.4 Å². The van der Waals surface area contributed by atoms with Crippen molar-refractivity contribution in [3.05, 3.63) is 21.9 Å². The minimum Gasteiger partial charge on any atom is -0.384 e. The molecule has 4 heteroatoms. The first-order valence-electron chi connectivity index (χ1n) is 7.26. The Labute approximate surface area is 124 Å². The highest BCUT2D eigenvalue weighted by molar-refractivity contribution is 7.12. The normalized spacial score (nSPS) is 14.8. The molecule has 0 unspecified atom stereocenters. The van der Waals surface area contributed by atoms with Crippen molar-refractivity contribution in [1.82, 2.24) is 5.32 Å². The van der Waals surface area contributed by atoms with E-state index in [1.807, 2.05) is 11.4 Å². The molecular weight excluding hydrogens is 270 g/mol. The molecule has 0 aromatic carbocycles. The van der Waals surface area contributed by atoms with Crippen LogP contribution in [0.15, 0.2) is 11.4 Å². The predicted molar refractivity (Wildman–Crippen MR) is 81.8 cm³/mol. The molecule has 0 atom stereocenters. The molecule has 1 aliphatic carbocycles. The Kier molecular flexibility index (Phi) is 6.10. The van der Waals surface area contributed by atoms with Gasteiger partial charge in [-0.3, -0.25) is 4.79 Å². The molecule has 0 bridgehead atoms. The van der Waals surface area contributed by atoms with E-state index in [0.717, 1.165) is 18.9 Å². The van der Waals surface area contributed by atoms with E-state index in [9.17, 15) is 4.79 Å². The van der Waals surface area contributed by atoms with Crippen molar-refractivity contribution in [2.45, 2.75) is 38.5 Å². The Morgan fingerprint density at radius 1 is 1.45 bits per heavy atom. The number of amides is 1. The SMILES string of the molecule is O=C(NCCCC1CCCC1)c1sccc1C#CCO. The van der Waals surface area contributed by atoms with E-state index in [1.165, 1.54) is 43.4 Å². The number of rotatable bonds is 5. The highest BCUT2D eigenvalue weighted by Gasteiger charge is 2.15. The summed E-state index contributed by atoms with van der Waals surface area (Å²) in [7, 11) is 0. The molecule has 20 heavy (non-hydrogen) atoms. The summed E-state index contributed by atoms with van der Waals surface area (Å²) in [6.07, 6.45) is 7.75. The van der Waals surface area contributed by atoms with E-state index in [2.05, 4.69) is 17.2 Å². The standard InChI is InChI=1S/C16H21NO2S/c18-11-4-8-14-9-12-20-15(14)16(19)17-10-3-7-13-5-1-2-6-13/h9,12-13,18H,1-3,5-7,10-11H2,(H,17,19). The molecule has 1 heterocycles. The van der Waals surface area contributed by atoms with Gasteiger partial charge in [0.15, 0.2) is 0 Å². The first-order chi connectivity index (χ1) is 9.81. The minimum absolute atomic E-state index is 0.0475. The molecule has 108 valence electrons. The largest absolute Gasteiger partial charge is 0.384 e. The van der Waals surface area contributed by atoms with Crippen LogP contribution < -0.4 is 5.32 Å². The lowest BCUT2D eigenvalue weighted by molar-refractivity contribution is 0.0956. The van der Waals surface area contributed by atoms with Crippen LogP contribution in [0.4, 0.5) is 0 Å². The predicted octanol–water partition coefficient (Wildman–Crippen LogP) is 2.79. The average molecular weight is 291 g/mol. The zero-order chi connectivity index (χ0) is 14.2. The number of aliphatic hydroxyl groups is 1. The van der Waals surface area contributed by atoms with Crippen LogP contribution in [0.2, 0.25) is 0 Å². The minimum atomic E-state index is -0.182. The van der Waals surface area contributed by atoms with Gasteiger partial charge in [-0.1, -0.05) is 37.5 Å². The zero-order valence-corrected chi connectivity index (χ0v) is 12.5. The van der Waals surface area contributed by atoms with Gasteiger partial charge in [0.2, 0.25) is 0 Å². The Bertz CT molecular complexity index is 492. The Hall–Kier alpha value is -1.31. The van der Waals surface area contributed by atoms with E-state index >= 15 is 0 Å². The van der Waals surface area contributed by atoms with Crippen molar-refractivity contribution in [1.29, 1.82) is 0 Å². The molecule has 1 aliphatic rings. The highest BCUT2D eigenvalue weighted by atomic mass is 32.1. The molecule has 3 nitrogen and oxygen atoms in total. The molecule has 1 amide bonds. The number of carbonyl (C=O) groups excluding carboxylic acids is 1. The summed E-state index contributed by atoms with van der Waals surface area (Å²) in [4.78, 5) is 12.7. The van der Waals surface area contributed by atoms with E-state index in [-0.39, 0.29) is 12.5 Å². The molecule has 0 radical (unpaired) electrons. The van der Waals surface area contributed by atoms with Gasteiger partial charge in [-0.2, -0.15) is 0 Å². The fourth-order valence-electron chi connectivity index (χ4n) is 2.69. The van der Waals surface area contributed by atoms with E-state index in [1.54, 1.807) is 0 Å². The molecule has 0 saturated heterocycles. The van der Waals surface area contributed by atoms with Crippen molar-refractivity contribution in [2.75, 3.05) is 13.2 Å². The van der Waals surface area contributed by atoms with Crippen LogP contribution in [0.3, 0.4) is 0 Å². The van der Waals surface area contributed by atoms with Crippen molar-refractivity contribution >= 4 is 17.2 Å². The van der Waals surface area contributed by atoms with Crippen LogP contribution >= 0.6 is 11.3 Å². The van der Waals surface area contributed by atoms with Crippen LogP contribution in [-0.2, 0) is 0 Å². The molecular formula is C16H21NO2S. The van der Waals surface area contributed by atoms with Gasteiger partial charge in [0, 0.05) is 12.1 Å². The lowest BCUT2D eigenvalue weighted by Crippen LogP contribution is -2.24. The lowest BCUT2D eigenvalue weighted by Gasteiger charge is -2.09. The fourth-order valence-corrected chi connectivity index (χ4v) is 3.46. The van der Waals surface area contributed by atoms with Crippen LogP contribution in [0.5, 0.6) is 0 Å². The quantitative estimate of drug-likeness (QED) is 0.647. The van der Waals surface area contributed by atoms with Crippen molar-refractivity contribution < 1.29 is 9.90 Å². The van der Waals surface area contributed by atoms with Gasteiger partial charge in [-0.25, -0.2) is 0 Å². The molecule has 1 aromatic rings. The number of nitrogens with one attached hydrogen (secondary N) is 1. The summed E-state index contributed by atoms with van der Waals surface area (Å²) in [6, 6.07) is 1.82. The first kappa shape index (κ1) is 15.1.